The lowest BCUT2D eigenvalue weighted by molar-refractivity contribution is 0.631. The molecule has 0 atom stereocenters. The maximum absolute atomic E-state index is 6.33. The number of benzene rings is 11. The van der Waals surface area contributed by atoms with E-state index in [9.17, 15) is 0 Å². The van der Waals surface area contributed by atoms with Gasteiger partial charge in [-0.3, -0.25) is 0 Å². The predicted octanol–water partition coefficient (Wildman–Crippen LogP) is 17.7. The Kier molecular flexibility index (Phi) is 9.20. The zero-order valence-corrected chi connectivity index (χ0v) is 35.0. The lowest BCUT2D eigenvalue weighted by Crippen LogP contribution is -2.11. The molecule has 1 aromatic heterocycles. The van der Waals surface area contributed by atoms with Crippen LogP contribution in [0.3, 0.4) is 0 Å². The highest BCUT2D eigenvalue weighted by molar-refractivity contribution is 6.16. The van der Waals surface area contributed by atoms with Gasteiger partial charge < -0.3 is 9.32 Å². The first-order valence-corrected chi connectivity index (χ1v) is 21.9. The number of anilines is 3. The van der Waals surface area contributed by atoms with E-state index >= 15 is 0 Å². The summed E-state index contributed by atoms with van der Waals surface area (Å²) < 4.78 is 6.33. The molecule has 0 N–H and O–H groups in total. The Balaban J connectivity index is 1.02. The van der Waals surface area contributed by atoms with Crippen LogP contribution in [0, 0.1) is 0 Å². The predicted molar refractivity (Wildman–Crippen MR) is 271 cm³/mol. The Bertz CT molecular complexity index is 3640. The topological polar surface area (TPSA) is 16.4 Å². The molecular weight excluding hydrogens is 775 g/mol. The normalized spacial score (nSPS) is 11.4. The first-order valence-electron chi connectivity index (χ1n) is 21.9. The highest BCUT2D eigenvalue weighted by Crippen LogP contribution is 2.47. The fraction of sp³-hybridized carbons (Fsp3) is 0. The molecule has 300 valence electrons. The summed E-state index contributed by atoms with van der Waals surface area (Å²) in [6.45, 7) is 0. The summed E-state index contributed by atoms with van der Waals surface area (Å²) in [5, 5.41) is 8.31. The minimum absolute atomic E-state index is 0.866. The monoisotopic (exact) mass is 815 g/mol. The number of nitrogens with zero attached hydrogens (tertiary/aromatic N) is 1. The van der Waals surface area contributed by atoms with Crippen molar-refractivity contribution in [1.82, 2.24) is 0 Å². The zero-order chi connectivity index (χ0) is 42.4. The van der Waals surface area contributed by atoms with E-state index in [1.807, 2.05) is 12.1 Å². The van der Waals surface area contributed by atoms with E-state index in [4.69, 9.17) is 4.42 Å². The third kappa shape index (κ3) is 6.52. The van der Waals surface area contributed by atoms with Crippen LogP contribution >= 0.6 is 0 Å². The molecule has 0 aliphatic rings. The Labute approximate surface area is 372 Å². The molecule has 1 heterocycles. The molecule has 0 spiro atoms. The Morgan fingerprint density at radius 2 is 0.797 bits per heavy atom. The van der Waals surface area contributed by atoms with Crippen molar-refractivity contribution in [3.8, 4) is 55.8 Å². The van der Waals surface area contributed by atoms with E-state index in [0.717, 1.165) is 50.5 Å². The third-order valence-corrected chi connectivity index (χ3v) is 12.7. The van der Waals surface area contributed by atoms with Crippen molar-refractivity contribution in [2.45, 2.75) is 0 Å². The summed E-state index contributed by atoms with van der Waals surface area (Å²) in [6.07, 6.45) is 0. The molecule has 0 saturated heterocycles. The van der Waals surface area contributed by atoms with E-state index in [1.54, 1.807) is 0 Å². The van der Waals surface area contributed by atoms with Crippen LogP contribution in [0.15, 0.2) is 253 Å². The fourth-order valence-electron chi connectivity index (χ4n) is 9.67. The van der Waals surface area contributed by atoms with Crippen LogP contribution in [0.25, 0.3) is 99.1 Å². The minimum atomic E-state index is 0.866. The SMILES string of the molecule is c1ccc(-c2ccccc2-c2ccccc2-c2ccc(N(c3ccc(-c4cccc(-c5cc6ccccc6o5)c4)c4ccccc34)c3cc4ccccc4c4ccccc34)cc2)cc1. The second kappa shape index (κ2) is 15.8. The highest BCUT2D eigenvalue weighted by atomic mass is 16.3. The van der Waals surface area contributed by atoms with Crippen LogP contribution in [-0.2, 0) is 0 Å². The molecule has 0 aliphatic carbocycles. The summed E-state index contributed by atoms with van der Waals surface area (Å²) in [4.78, 5) is 2.46. The van der Waals surface area contributed by atoms with E-state index in [-0.39, 0.29) is 0 Å². The Morgan fingerprint density at radius 1 is 0.266 bits per heavy atom. The molecule has 12 rings (SSSR count). The van der Waals surface area contributed by atoms with Gasteiger partial charge in [0.25, 0.3) is 0 Å². The van der Waals surface area contributed by atoms with Gasteiger partial charge in [0, 0.05) is 27.4 Å². The number of hydrogen-bond donors (Lipinski definition) is 0. The van der Waals surface area contributed by atoms with Gasteiger partial charge in [-0.05, 0) is 109 Å². The van der Waals surface area contributed by atoms with Gasteiger partial charge in [0.1, 0.15) is 11.3 Å². The average Bonchev–Trinajstić information content (AvgIpc) is 3.82. The molecule has 0 bridgehead atoms. The first-order chi connectivity index (χ1) is 31.7. The lowest BCUT2D eigenvalue weighted by atomic mass is 9.89. The summed E-state index contributed by atoms with van der Waals surface area (Å²) in [5.74, 6) is 0.866. The van der Waals surface area contributed by atoms with Gasteiger partial charge in [0.05, 0.1) is 11.4 Å². The zero-order valence-electron chi connectivity index (χ0n) is 35.0. The summed E-state index contributed by atoms with van der Waals surface area (Å²) in [7, 11) is 0. The number of para-hydroxylation sites is 1. The van der Waals surface area contributed by atoms with Gasteiger partial charge in [0.15, 0.2) is 0 Å². The fourth-order valence-corrected chi connectivity index (χ4v) is 9.67. The van der Waals surface area contributed by atoms with Crippen molar-refractivity contribution in [3.05, 3.63) is 249 Å². The highest BCUT2D eigenvalue weighted by Gasteiger charge is 2.22. The van der Waals surface area contributed by atoms with Gasteiger partial charge in [0.2, 0.25) is 0 Å². The third-order valence-electron chi connectivity index (χ3n) is 12.7. The quantitative estimate of drug-likeness (QED) is 0.142. The van der Waals surface area contributed by atoms with Gasteiger partial charge in [-0.1, -0.05) is 206 Å². The van der Waals surface area contributed by atoms with E-state index in [2.05, 4.69) is 241 Å². The van der Waals surface area contributed by atoms with E-state index in [1.165, 1.54) is 65.7 Å². The molecule has 0 unspecified atom stereocenters. The molecule has 0 aliphatic heterocycles. The van der Waals surface area contributed by atoms with Crippen molar-refractivity contribution >= 4 is 60.3 Å². The van der Waals surface area contributed by atoms with Crippen molar-refractivity contribution in [2.75, 3.05) is 4.90 Å². The standard InChI is InChI=1S/C62H41NO/c1-2-17-42(18-3-1)49-23-7-9-26-53(49)54-27-10-8-24-50(54)43-33-35-48(36-34-43)63(60-40-45-19-4-6-25-51(45)55-28-12-14-31-58(55)60)59-38-37-52(56-29-11-13-30-57(56)59)44-21-16-22-46(39-44)62-41-47-20-5-15-32-61(47)64-62/h1-41H. The van der Waals surface area contributed by atoms with Gasteiger partial charge >= 0.3 is 0 Å². The summed E-state index contributed by atoms with van der Waals surface area (Å²) in [5.41, 5.74) is 14.8. The van der Waals surface area contributed by atoms with Gasteiger partial charge in [-0.15, -0.1) is 0 Å². The number of furan rings is 1. The molecule has 0 radical (unpaired) electrons. The molecule has 2 heteroatoms. The molecule has 64 heavy (non-hydrogen) atoms. The molecule has 0 fully saturated rings. The van der Waals surface area contributed by atoms with Gasteiger partial charge in [-0.2, -0.15) is 0 Å². The molecule has 12 aromatic rings. The average molecular weight is 816 g/mol. The molecule has 2 nitrogen and oxygen atoms in total. The van der Waals surface area contributed by atoms with Crippen molar-refractivity contribution < 1.29 is 4.42 Å². The molecule has 0 saturated carbocycles. The maximum atomic E-state index is 6.33. The largest absolute Gasteiger partial charge is 0.456 e. The summed E-state index contributed by atoms with van der Waals surface area (Å²) in [6, 6.07) is 89.7. The maximum Gasteiger partial charge on any atom is 0.135 e. The van der Waals surface area contributed by atoms with Crippen LogP contribution in [0.5, 0.6) is 0 Å². The second-order valence-electron chi connectivity index (χ2n) is 16.4. The molecule has 11 aromatic carbocycles. The smallest absolute Gasteiger partial charge is 0.135 e. The Hall–Kier alpha value is -8.46. The van der Waals surface area contributed by atoms with E-state index in [0.29, 0.717) is 0 Å². The molecular formula is C62H41NO. The first kappa shape index (κ1) is 37.3. The van der Waals surface area contributed by atoms with Crippen LogP contribution in [0.1, 0.15) is 0 Å². The lowest BCUT2D eigenvalue weighted by Gasteiger charge is -2.29. The van der Waals surface area contributed by atoms with Crippen LogP contribution in [-0.4, -0.2) is 0 Å². The number of rotatable bonds is 8. The van der Waals surface area contributed by atoms with Crippen molar-refractivity contribution in [1.29, 1.82) is 0 Å². The van der Waals surface area contributed by atoms with Gasteiger partial charge in [-0.25, -0.2) is 0 Å². The van der Waals surface area contributed by atoms with Crippen molar-refractivity contribution in [2.24, 2.45) is 0 Å². The Morgan fingerprint density at radius 3 is 1.52 bits per heavy atom. The van der Waals surface area contributed by atoms with E-state index < -0.39 is 0 Å². The second-order valence-corrected chi connectivity index (χ2v) is 16.4. The molecule has 0 amide bonds. The van der Waals surface area contributed by atoms with Crippen LogP contribution in [0.2, 0.25) is 0 Å². The minimum Gasteiger partial charge on any atom is -0.456 e. The number of fused-ring (bicyclic) bond motifs is 5. The summed E-state index contributed by atoms with van der Waals surface area (Å²) >= 11 is 0. The van der Waals surface area contributed by atoms with Crippen LogP contribution in [0.4, 0.5) is 17.1 Å². The number of hydrogen-bond acceptors (Lipinski definition) is 2. The van der Waals surface area contributed by atoms with Crippen LogP contribution < -0.4 is 4.90 Å². The van der Waals surface area contributed by atoms with Crippen molar-refractivity contribution in [3.63, 3.8) is 0 Å².